The van der Waals surface area contributed by atoms with Crippen molar-refractivity contribution in [2.24, 2.45) is 5.14 Å². The minimum atomic E-state index is -4.27. The van der Waals surface area contributed by atoms with Crippen LogP contribution in [0.15, 0.2) is 64.1 Å². The number of hydrogen-bond acceptors (Lipinski definition) is 11. The third-order valence-corrected chi connectivity index (χ3v) is 8.50. The van der Waals surface area contributed by atoms with E-state index in [2.05, 4.69) is 5.32 Å². The minimum absolute atomic E-state index is 0.0165. The van der Waals surface area contributed by atoms with Crippen molar-refractivity contribution in [3.05, 3.63) is 81.7 Å². The fourth-order valence-corrected chi connectivity index (χ4v) is 5.90. The van der Waals surface area contributed by atoms with Gasteiger partial charge in [-0.2, -0.15) is 0 Å². The van der Waals surface area contributed by atoms with E-state index in [1.807, 2.05) is 0 Å². The average molecular weight is 727 g/mol. The average Bonchev–Trinajstić information content (AvgIpc) is 3.51. The Morgan fingerprint density at radius 1 is 1.02 bits per heavy atom. The second-order valence-corrected chi connectivity index (χ2v) is 14.1. The van der Waals surface area contributed by atoms with Crippen molar-refractivity contribution in [2.75, 3.05) is 12.1 Å². The first-order chi connectivity index (χ1) is 22.4. The van der Waals surface area contributed by atoms with Crippen molar-refractivity contribution >= 4 is 62.7 Å². The lowest BCUT2D eigenvalue weighted by atomic mass is 9.98. The van der Waals surface area contributed by atoms with Crippen LogP contribution in [0.25, 0.3) is 0 Å². The summed E-state index contributed by atoms with van der Waals surface area (Å²) in [5, 5.41) is 8.38. The Morgan fingerprint density at radius 2 is 1.73 bits per heavy atom. The highest BCUT2D eigenvalue weighted by Crippen LogP contribution is 2.30. The molecule has 16 heteroatoms. The molecule has 0 saturated heterocycles. The summed E-state index contributed by atoms with van der Waals surface area (Å²) in [6.45, 7) is 7.69. The fraction of sp³-hybridized carbons (Fsp3) is 0.375. The number of anilines is 1. The molecule has 13 nitrogen and oxygen atoms in total. The van der Waals surface area contributed by atoms with E-state index in [-0.39, 0.29) is 41.4 Å². The number of nitrogens with two attached hydrogens (primary N) is 1. The molecule has 3 rings (SSSR count). The summed E-state index contributed by atoms with van der Waals surface area (Å²) in [5.41, 5.74) is -0.514. The molecule has 0 radical (unpaired) electrons. The number of benzene rings is 2. The molecule has 3 N–H and O–H groups in total. The number of primary sulfonamides is 1. The van der Waals surface area contributed by atoms with E-state index in [0.29, 0.717) is 16.3 Å². The number of nitrogens with zero attached hydrogens (tertiary/aromatic N) is 1. The molecule has 2 aromatic carbocycles. The molecule has 1 heterocycles. The van der Waals surface area contributed by atoms with E-state index in [4.69, 9.17) is 47.0 Å². The Kier molecular flexibility index (Phi) is 13.0. The number of carbonyl (C=O) groups excluding carboxylic acids is 4. The van der Waals surface area contributed by atoms with Gasteiger partial charge in [0, 0.05) is 22.5 Å². The van der Waals surface area contributed by atoms with Gasteiger partial charge in [-0.25, -0.2) is 23.1 Å². The van der Waals surface area contributed by atoms with Gasteiger partial charge in [0.05, 0.1) is 41.2 Å². The Morgan fingerprint density at radius 3 is 2.33 bits per heavy atom. The number of hydrogen-bond donors (Lipinski definition) is 2. The number of amides is 1. The maximum atomic E-state index is 13.1. The highest BCUT2D eigenvalue weighted by molar-refractivity contribution is 7.89. The lowest BCUT2D eigenvalue weighted by Crippen LogP contribution is -2.53. The number of carbonyl (C=O) groups is 4. The SMILES string of the molecule is CC(CCC(=O)OCOC(=O)N(C(C)C(=O)c1cccc(Cl)c1)C(C)(C)C)OC(=O)c1cc(S(N)(=O)=O)c(Cl)cc1NCc1ccco1. The fourth-order valence-electron chi connectivity index (χ4n) is 4.61. The van der Waals surface area contributed by atoms with Crippen molar-refractivity contribution < 1.29 is 46.2 Å². The van der Waals surface area contributed by atoms with Crippen LogP contribution in [0.4, 0.5) is 10.5 Å². The van der Waals surface area contributed by atoms with Crippen LogP contribution >= 0.6 is 23.2 Å². The highest BCUT2D eigenvalue weighted by Gasteiger charge is 2.36. The second-order valence-electron chi connectivity index (χ2n) is 11.7. The number of ether oxygens (including phenoxy) is 3. The lowest BCUT2D eigenvalue weighted by Gasteiger charge is -2.38. The number of sulfonamides is 1. The van der Waals surface area contributed by atoms with E-state index in [1.54, 1.807) is 58.0 Å². The number of rotatable bonds is 14. The topological polar surface area (TPSA) is 185 Å². The van der Waals surface area contributed by atoms with E-state index < -0.39 is 57.4 Å². The van der Waals surface area contributed by atoms with Crippen molar-refractivity contribution in [3.8, 4) is 0 Å². The summed E-state index contributed by atoms with van der Waals surface area (Å²) < 4.78 is 45.0. The summed E-state index contributed by atoms with van der Waals surface area (Å²) in [7, 11) is -4.27. The van der Waals surface area contributed by atoms with Gasteiger partial charge in [0.15, 0.2) is 5.78 Å². The van der Waals surface area contributed by atoms with E-state index in [0.717, 1.165) is 6.07 Å². The van der Waals surface area contributed by atoms with E-state index in [1.165, 1.54) is 30.2 Å². The first-order valence-electron chi connectivity index (χ1n) is 14.6. The monoisotopic (exact) mass is 725 g/mol. The molecule has 1 aromatic heterocycles. The molecule has 260 valence electrons. The van der Waals surface area contributed by atoms with Crippen molar-refractivity contribution in [3.63, 3.8) is 0 Å². The molecule has 3 aromatic rings. The summed E-state index contributed by atoms with van der Waals surface area (Å²) in [6.07, 6.45) is -0.436. The van der Waals surface area contributed by atoms with Crippen LogP contribution in [0.5, 0.6) is 0 Å². The van der Waals surface area contributed by atoms with Crippen molar-refractivity contribution in [1.29, 1.82) is 0 Å². The molecule has 48 heavy (non-hydrogen) atoms. The van der Waals surface area contributed by atoms with Gasteiger partial charge in [-0.15, -0.1) is 0 Å². The zero-order chi connectivity index (χ0) is 35.8. The van der Waals surface area contributed by atoms with Crippen LogP contribution in [-0.2, 0) is 35.6 Å². The summed E-state index contributed by atoms with van der Waals surface area (Å²) in [5.74, 6) is -1.48. The van der Waals surface area contributed by atoms with Gasteiger partial charge in [-0.3, -0.25) is 14.5 Å². The predicted molar refractivity (Wildman–Crippen MR) is 177 cm³/mol. The molecule has 0 aliphatic heterocycles. The van der Waals surface area contributed by atoms with Crippen LogP contribution in [0.2, 0.25) is 10.0 Å². The Balaban J connectivity index is 1.56. The van der Waals surface area contributed by atoms with Gasteiger partial charge in [0.1, 0.15) is 10.7 Å². The third kappa shape index (κ3) is 10.7. The zero-order valence-electron chi connectivity index (χ0n) is 27.0. The number of furan rings is 1. The molecule has 1 amide bonds. The highest BCUT2D eigenvalue weighted by atomic mass is 35.5. The first kappa shape index (κ1) is 38.3. The normalized spacial score (nSPS) is 12.8. The lowest BCUT2D eigenvalue weighted by molar-refractivity contribution is -0.153. The minimum Gasteiger partial charge on any atom is -0.467 e. The van der Waals surface area contributed by atoms with Gasteiger partial charge in [-0.1, -0.05) is 35.3 Å². The summed E-state index contributed by atoms with van der Waals surface area (Å²) >= 11 is 12.1. The van der Waals surface area contributed by atoms with Crippen molar-refractivity contribution in [2.45, 2.75) is 76.6 Å². The third-order valence-electron chi connectivity index (χ3n) is 6.89. The molecule has 0 saturated carbocycles. The zero-order valence-corrected chi connectivity index (χ0v) is 29.3. The standard InChI is InChI=1S/C32H37Cl2N3O10S/c1-19(47-30(40)24-15-27(48(35,42)43)25(34)16-26(24)36-17-23-10-7-13-44-23)11-12-28(38)45-18-46-31(41)37(32(3,4)5)20(2)29(39)21-8-6-9-22(33)14-21/h6-10,13-16,19-20,36H,11-12,17-18H2,1-5H3,(H2,35,42,43). The molecule has 2 unspecified atom stereocenters. The number of ketones is 1. The number of Topliss-reactive ketones (excluding diaryl/α,β-unsaturated/α-hetero) is 1. The molecule has 0 aliphatic carbocycles. The molecule has 0 spiro atoms. The smallest absolute Gasteiger partial charge is 0.413 e. The van der Waals surface area contributed by atoms with E-state index >= 15 is 0 Å². The Labute approximate surface area is 288 Å². The van der Waals surface area contributed by atoms with Gasteiger partial charge < -0.3 is 23.9 Å². The van der Waals surface area contributed by atoms with Crippen LogP contribution in [0.3, 0.4) is 0 Å². The number of esters is 2. The maximum Gasteiger partial charge on any atom is 0.413 e. The van der Waals surface area contributed by atoms with Crippen molar-refractivity contribution in [1.82, 2.24) is 4.90 Å². The predicted octanol–water partition coefficient (Wildman–Crippen LogP) is 6.18. The van der Waals surface area contributed by atoms with Gasteiger partial charge in [0.25, 0.3) is 0 Å². The van der Waals surface area contributed by atoms with Gasteiger partial charge in [-0.05, 0) is 77.4 Å². The summed E-state index contributed by atoms with van der Waals surface area (Å²) in [4.78, 5) is 52.4. The van der Waals surface area contributed by atoms with Crippen LogP contribution in [-0.4, -0.2) is 61.6 Å². The van der Waals surface area contributed by atoms with Gasteiger partial charge in [0.2, 0.25) is 16.8 Å². The van der Waals surface area contributed by atoms with Gasteiger partial charge >= 0.3 is 18.0 Å². The second kappa shape index (κ2) is 16.3. The van der Waals surface area contributed by atoms with Crippen LogP contribution in [0.1, 0.15) is 73.9 Å². The number of nitrogens with one attached hydrogen (secondary N) is 1. The molecule has 0 aliphatic rings. The molecular weight excluding hydrogens is 689 g/mol. The van der Waals surface area contributed by atoms with E-state index in [9.17, 15) is 27.6 Å². The Hall–Kier alpha value is -4.11. The first-order valence-corrected chi connectivity index (χ1v) is 16.9. The molecule has 2 atom stereocenters. The van der Waals surface area contributed by atoms with Crippen LogP contribution in [0, 0.1) is 0 Å². The summed E-state index contributed by atoms with van der Waals surface area (Å²) in [6, 6.07) is 11.0. The van der Waals surface area contributed by atoms with Crippen LogP contribution < -0.4 is 10.5 Å². The molecular formula is C32H37Cl2N3O10S. The molecule has 0 bridgehead atoms. The Bertz CT molecular complexity index is 1740. The largest absolute Gasteiger partial charge is 0.467 e. The quantitative estimate of drug-likeness (QED) is 0.110. The number of halogens is 2. The maximum absolute atomic E-state index is 13.1. The molecule has 0 fully saturated rings.